The minimum atomic E-state index is -4.73. The van der Waals surface area contributed by atoms with Gasteiger partial charge in [0.15, 0.2) is 17.6 Å². The van der Waals surface area contributed by atoms with Crippen molar-refractivity contribution in [2.75, 3.05) is 13.1 Å². The first kappa shape index (κ1) is 22.5. The lowest BCUT2D eigenvalue weighted by atomic mass is 10.1. The van der Waals surface area contributed by atoms with Gasteiger partial charge in [0.25, 0.3) is 0 Å². The van der Waals surface area contributed by atoms with E-state index in [0.717, 1.165) is 6.07 Å². The molecule has 10 heteroatoms. The second kappa shape index (κ2) is 8.28. The van der Waals surface area contributed by atoms with Crippen LogP contribution in [0, 0.1) is 0 Å². The molecule has 0 bridgehead atoms. The van der Waals surface area contributed by atoms with E-state index in [1.165, 1.54) is 11.0 Å². The van der Waals surface area contributed by atoms with Gasteiger partial charge in [-0.3, -0.25) is 4.90 Å². The Morgan fingerprint density at radius 2 is 1.79 bits per heavy atom. The normalized spacial score (nSPS) is 14.4. The molecule has 1 aromatic carbocycles. The maximum Gasteiger partial charge on any atom is 0.420 e. The van der Waals surface area contributed by atoms with E-state index in [2.05, 4.69) is 4.98 Å². The van der Waals surface area contributed by atoms with Crippen LogP contribution in [-0.4, -0.2) is 40.4 Å². The highest BCUT2D eigenvalue weighted by Gasteiger charge is 2.38. The Labute approximate surface area is 158 Å². The molecule has 1 heterocycles. The number of rotatable bonds is 7. The van der Waals surface area contributed by atoms with Gasteiger partial charge in [0, 0.05) is 19.0 Å². The van der Waals surface area contributed by atoms with Gasteiger partial charge in [-0.05, 0) is 30.7 Å². The SMILES string of the molecule is CCN(CC[C@H](O)C(F)(F)F)Cc1cc(C(F)(F)F)c2oc(C(C)C)nc2c1. The second-order valence-corrected chi connectivity index (χ2v) is 6.91. The molecule has 0 amide bonds. The van der Waals surface area contributed by atoms with Gasteiger partial charge < -0.3 is 9.52 Å². The van der Waals surface area contributed by atoms with Crippen molar-refractivity contribution in [2.24, 2.45) is 0 Å². The van der Waals surface area contributed by atoms with Crippen LogP contribution in [0.3, 0.4) is 0 Å². The van der Waals surface area contributed by atoms with Crippen molar-refractivity contribution >= 4 is 11.1 Å². The fraction of sp³-hybridized carbons (Fsp3) is 0.611. The molecule has 0 radical (unpaired) electrons. The quantitative estimate of drug-likeness (QED) is 0.643. The standard InChI is InChI=1S/C18H22F6N2O2/c1-4-26(6-5-14(27)18(22,23)24)9-11-7-12(17(19,20)21)15-13(8-11)25-16(28-15)10(2)3/h7-8,10,14,27H,4-6,9H2,1-3H3/t14-/m0/s1. The molecule has 0 unspecified atom stereocenters. The minimum Gasteiger partial charge on any atom is -0.440 e. The fourth-order valence-corrected chi connectivity index (χ4v) is 2.73. The molecule has 28 heavy (non-hydrogen) atoms. The van der Waals surface area contributed by atoms with E-state index >= 15 is 0 Å². The number of aliphatic hydroxyl groups excluding tert-OH is 1. The van der Waals surface area contributed by atoms with Crippen LogP contribution in [0.2, 0.25) is 0 Å². The van der Waals surface area contributed by atoms with E-state index in [1.54, 1.807) is 20.8 Å². The van der Waals surface area contributed by atoms with Crippen LogP contribution in [0.5, 0.6) is 0 Å². The number of aliphatic hydroxyl groups is 1. The highest BCUT2D eigenvalue weighted by Crippen LogP contribution is 2.37. The predicted octanol–water partition coefficient (Wildman–Crippen LogP) is 5.11. The third kappa shape index (κ3) is 5.38. The molecule has 0 aliphatic rings. The molecule has 0 saturated heterocycles. The fourth-order valence-electron chi connectivity index (χ4n) is 2.73. The smallest absolute Gasteiger partial charge is 0.420 e. The van der Waals surface area contributed by atoms with Crippen LogP contribution in [0.4, 0.5) is 26.3 Å². The van der Waals surface area contributed by atoms with Crippen molar-refractivity contribution in [1.82, 2.24) is 9.88 Å². The summed E-state index contributed by atoms with van der Waals surface area (Å²) in [5.41, 5.74) is -1.01. The summed E-state index contributed by atoms with van der Waals surface area (Å²) in [5, 5.41) is 9.12. The third-order valence-corrected chi connectivity index (χ3v) is 4.32. The van der Waals surface area contributed by atoms with Gasteiger partial charge >= 0.3 is 12.4 Å². The summed E-state index contributed by atoms with van der Waals surface area (Å²) in [6, 6.07) is 2.38. The summed E-state index contributed by atoms with van der Waals surface area (Å²) in [7, 11) is 0. The topological polar surface area (TPSA) is 49.5 Å². The minimum absolute atomic E-state index is 0.00995. The van der Waals surface area contributed by atoms with Crippen molar-refractivity contribution in [2.45, 2.75) is 58.1 Å². The average molecular weight is 412 g/mol. The third-order valence-electron chi connectivity index (χ3n) is 4.32. The molecular weight excluding hydrogens is 390 g/mol. The van der Waals surface area contributed by atoms with E-state index in [-0.39, 0.29) is 41.6 Å². The van der Waals surface area contributed by atoms with Crippen LogP contribution in [0.15, 0.2) is 16.5 Å². The van der Waals surface area contributed by atoms with Gasteiger partial charge in [0.1, 0.15) is 11.1 Å². The molecule has 1 atom stereocenters. The predicted molar refractivity (Wildman–Crippen MR) is 90.7 cm³/mol. The summed E-state index contributed by atoms with van der Waals surface area (Å²) < 4.78 is 83.0. The molecule has 4 nitrogen and oxygen atoms in total. The summed E-state index contributed by atoms with van der Waals surface area (Å²) in [4.78, 5) is 5.64. The Hall–Kier alpha value is -1.81. The van der Waals surface area contributed by atoms with Crippen LogP contribution in [0.25, 0.3) is 11.1 Å². The summed E-state index contributed by atoms with van der Waals surface area (Å²) in [5.74, 6) is -0.0220. The molecule has 0 saturated carbocycles. The van der Waals surface area contributed by atoms with Gasteiger partial charge in [-0.2, -0.15) is 26.3 Å². The molecule has 1 N–H and O–H groups in total. The molecule has 0 aliphatic carbocycles. The first-order valence-corrected chi connectivity index (χ1v) is 8.80. The summed E-state index contributed by atoms with van der Waals surface area (Å²) in [6.07, 6.45) is -12.4. The van der Waals surface area contributed by atoms with Crippen LogP contribution in [0.1, 0.15) is 50.1 Å². The van der Waals surface area contributed by atoms with Crippen molar-refractivity contribution in [3.8, 4) is 0 Å². The molecule has 2 rings (SSSR count). The number of hydrogen-bond donors (Lipinski definition) is 1. The van der Waals surface area contributed by atoms with Crippen molar-refractivity contribution in [1.29, 1.82) is 0 Å². The van der Waals surface area contributed by atoms with Crippen LogP contribution in [-0.2, 0) is 12.7 Å². The zero-order valence-electron chi connectivity index (χ0n) is 15.7. The maximum atomic E-state index is 13.5. The first-order valence-electron chi connectivity index (χ1n) is 8.80. The summed E-state index contributed by atoms with van der Waals surface area (Å²) >= 11 is 0. The second-order valence-electron chi connectivity index (χ2n) is 6.91. The number of oxazole rings is 1. The lowest BCUT2D eigenvalue weighted by molar-refractivity contribution is -0.206. The van der Waals surface area contributed by atoms with Gasteiger partial charge in [-0.1, -0.05) is 20.8 Å². The monoisotopic (exact) mass is 412 g/mol. The highest BCUT2D eigenvalue weighted by molar-refractivity contribution is 5.78. The van der Waals surface area contributed by atoms with Crippen molar-refractivity contribution in [3.05, 3.63) is 29.2 Å². The Balaban J connectivity index is 2.30. The van der Waals surface area contributed by atoms with E-state index in [1.807, 2.05) is 0 Å². The molecule has 158 valence electrons. The van der Waals surface area contributed by atoms with E-state index < -0.39 is 30.4 Å². The summed E-state index contributed by atoms with van der Waals surface area (Å²) in [6.45, 7) is 5.33. The van der Waals surface area contributed by atoms with Gasteiger partial charge in [0.2, 0.25) is 0 Å². The Kier molecular flexibility index (Phi) is 6.65. The molecule has 0 spiro atoms. The average Bonchev–Trinajstić information content (AvgIpc) is 2.99. The number of aromatic nitrogens is 1. The number of halogens is 6. The van der Waals surface area contributed by atoms with Crippen LogP contribution >= 0.6 is 0 Å². The number of alkyl halides is 6. The molecule has 0 aliphatic heterocycles. The number of benzene rings is 1. The van der Waals surface area contributed by atoms with Gasteiger partial charge in [-0.25, -0.2) is 4.98 Å². The van der Waals surface area contributed by atoms with Crippen molar-refractivity contribution in [3.63, 3.8) is 0 Å². The molecule has 2 aromatic rings. The Morgan fingerprint density at radius 1 is 1.14 bits per heavy atom. The molecule has 1 aromatic heterocycles. The van der Waals surface area contributed by atoms with Gasteiger partial charge in [0.05, 0.1) is 0 Å². The number of fused-ring (bicyclic) bond motifs is 1. The highest BCUT2D eigenvalue weighted by atomic mass is 19.4. The maximum absolute atomic E-state index is 13.5. The Morgan fingerprint density at radius 3 is 2.29 bits per heavy atom. The zero-order valence-corrected chi connectivity index (χ0v) is 15.7. The van der Waals surface area contributed by atoms with Gasteiger partial charge in [-0.15, -0.1) is 0 Å². The lowest BCUT2D eigenvalue weighted by Gasteiger charge is -2.23. The van der Waals surface area contributed by atoms with Crippen molar-refractivity contribution < 1.29 is 35.9 Å². The molecular formula is C18H22F6N2O2. The van der Waals surface area contributed by atoms with Crippen LogP contribution < -0.4 is 0 Å². The zero-order chi connectivity index (χ0) is 21.3. The Bertz CT molecular complexity index is 798. The number of hydrogen-bond acceptors (Lipinski definition) is 4. The largest absolute Gasteiger partial charge is 0.440 e. The lowest BCUT2D eigenvalue weighted by Crippen LogP contribution is -2.34. The van der Waals surface area contributed by atoms with E-state index in [4.69, 9.17) is 9.52 Å². The first-order chi connectivity index (χ1) is 12.8. The number of nitrogens with zero attached hydrogens (tertiary/aromatic N) is 2. The van der Waals surface area contributed by atoms with E-state index in [9.17, 15) is 26.3 Å². The van der Waals surface area contributed by atoms with E-state index in [0.29, 0.717) is 6.54 Å². The molecule has 0 fully saturated rings.